The zero-order valence-corrected chi connectivity index (χ0v) is 25.5. The third kappa shape index (κ3) is 8.59. The standard InChI is InChI=1S/C34H42F3N5/c1-7-8-9-28(39-6)12-16-41-32-13-17-40-25(3)30(32)20-24(2)22-42-18-14-26(15-19-42)29-11-10-27(33(4,5)23-38)21-31(29)34(35,36)37/h9-14,16-17,20-21,39H,7-8,15,18-19,22H2,1-6H3,(H,40,41)/b16-12-,24-20+,28-9+. The highest BCUT2D eigenvalue weighted by molar-refractivity contribution is 5.71. The van der Waals surface area contributed by atoms with Crippen LogP contribution in [0.2, 0.25) is 0 Å². The van der Waals surface area contributed by atoms with Crippen molar-refractivity contribution in [2.24, 2.45) is 0 Å². The van der Waals surface area contributed by atoms with Crippen LogP contribution >= 0.6 is 0 Å². The van der Waals surface area contributed by atoms with Gasteiger partial charge in [0.1, 0.15) is 0 Å². The first-order chi connectivity index (χ1) is 19.9. The number of alkyl halides is 3. The number of benzene rings is 1. The Labute approximate surface area is 248 Å². The molecule has 3 rings (SSSR count). The van der Waals surface area contributed by atoms with Gasteiger partial charge in [0, 0.05) is 61.7 Å². The number of nitriles is 1. The summed E-state index contributed by atoms with van der Waals surface area (Å²) in [4.78, 5) is 6.70. The molecule has 0 spiro atoms. The van der Waals surface area contributed by atoms with E-state index in [1.807, 2.05) is 38.4 Å². The summed E-state index contributed by atoms with van der Waals surface area (Å²) in [7, 11) is 1.90. The van der Waals surface area contributed by atoms with Crippen molar-refractivity contribution in [3.63, 3.8) is 0 Å². The average molecular weight is 578 g/mol. The summed E-state index contributed by atoms with van der Waals surface area (Å²) in [5.41, 5.74) is 4.63. The molecule has 0 bridgehead atoms. The van der Waals surface area contributed by atoms with Crippen LogP contribution in [-0.4, -0.2) is 36.6 Å². The lowest BCUT2D eigenvalue weighted by Crippen LogP contribution is -2.30. The lowest BCUT2D eigenvalue weighted by atomic mass is 9.83. The summed E-state index contributed by atoms with van der Waals surface area (Å²) < 4.78 is 42.1. The van der Waals surface area contributed by atoms with Crippen LogP contribution < -0.4 is 10.6 Å². The maximum atomic E-state index is 14.0. The summed E-state index contributed by atoms with van der Waals surface area (Å²) in [6, 6.07) is 8.35. The van der Waals surface area contributed by atoms with Crippen molar-refractivity contribution >= 4 is 17.3 Å². The summed E-state index contributed by atoms with van der Waals surface area (Å²) in [6.07, 6.45) is 9.99. The van der Waals surface area contributed by atoms with Gasteiger partial charge in [-0.2, -0.15) is 18.4 Å². The van der Waals surface area contributed by atoms with Crippen LogP contribution in [0.3, 0.4) is 0 Å². The minimum Gasteiger partial charge on any atom is -0.388 e. The van der Waals surface area contributed by atoms with E-state index in [-0.39, 0.29) is 5.56 Å². The van der Waals surface area contributed by atoms with E-state index in [2.05, 4.69) is 52.6 Å². The monoisotopic (exact) mass is 577 g/mol. The van der Waals surface area contributed by atoms with Crippen LogP contribution in [0.25, 0.3) is 11.6 Å². The van der Waals surface area contributed by atoms with E-state index in [9.17, 15) is 18.4 Å². The molecule has 2 heterocycles. The highest BCUT2D eigenvalue weighted by Gasteiger charge is 2.36. The molecule has 1 aromatic carbocycles. The van der Waals surface area contributed by atoms with Gasteiger partial charge in [-0.25, -0.2) is 0 Å². The van der Waals surface area contributed by atoms with Crippen LogP contribution in [0.1, 0.15) is 74.9 Å². The number of nitrogens with one attached hydrogen (secondary N) is 2. The van der Waals surface area contributed by atoms with Gasteiger partial charge < -0.3 is 10.6 Å². The van der Waals surface area contributed by atoms with Crippen molar-refractivity contribution in [3.05, 3.63) is 94.1 Å². The normalized spacial score (nSPS) is 15.5. The predicted octanol–water partition coefficient (Wildman–Crippen LogP) is 8.23. The molecule has 2 aromatic rings. The topological polar surface area (TPSA) is 64.0 Å². The lowest BCUT2D eigenvalue weighted by molar-refractivity contribution is -0.137. The second kappa shape index (κ2) is 14.4. The Balaban J connectivity index is 1.76. The number of hydrogen-bond donors (Lipinski definition) is 2. The molecule has 2 N–H and O–H groups in total. The first-order valence-electron chi connectivity index (χ1n) is 14.4. The van der Waals surface area contributed by atoms with E-state index in [1.165, 1.54) is 6.07 Å². The molecule has 1 aliphatic rings. The molecular weight excluding hydrogens is 535 g/mol. The van der Waals surface area contributed by atoms with E-state index in [0.29, 0.717) is 37.2 Å². The van der Waals surface area contributed by atoms with Gasteiger partial charge in [0.2, 0.25) is 0 Å². The summed E-state index contributed by atoms with van der Waals surface area (Å²) in [6.45, 7) is 11.3. The van der Waals surface area contributed by atoms with E-state index < -0.39 is 17.2 Å². The summed E-state index contributed by atoms with van der Waals surface area (Å²) in [5, 5.41) is 16.0. The van der Waals surface area contributed by atoms with Gasteiger partial charge in [0.15, 0.2) is 0 Å². The van der Waals surface area contributed by atoms with Crippen molar-refractivity contribution in [2.75, 3.05) is 32.0 Å². The van der Waals surface area contributed by atoms with Gasteiger partial charge in [0.25, 0.3) is 0 Å². The number of nitrogens with zero attached hydrogens (tertiary/aromatic N) is 3. The first kappa shape index (κ1) is 32.7. The minimum atomic E-state index is -4.50. The van der Waals surface area contributed by atoms with Crippen molar-refractivity contribution in [2.45, 2.75) is 65.5 Å². The maximum Gasteiger partial charge on any atom is 0.417 e. The molecule has 0 aliphatic carbocycles. The SMILES string of the molecule is CCC/C=C(\C=C/Nc1ccnc(C)c1/C=C(\C)CN1CC=C(c2ccc(C(C)(C)C#N)cc2C(F)(F)F)CC1)NC. The molecular formula is C34H42F3N5. The molecule has 5 nitrogen and oxygen atoms in total. The fraction of sp³-hybridized carbons (Fsp3) is 0.412. The third-order valence-corrected chi connectivity index (χ3v) is 7.46. The molecule has 0 fully saturated rings. The number of likely N-dealkylation sites (N-methyl/N-ethyl adjacent to an activating group) is 1. The molecule has 0 saturated heterocycles. The second-order valence-corrected chi connectivity index (χ2v) is 11.2. The van der Waals surface area contributed by atoms with Gasteiger partial charge >= 0.3 is 6.18 Å². The Morgan fingerprint density at radius 1 is 1.21 bits per heavy atom. The van der Waals surface area contributed by atoms with Crippen LogP contribution in [0.15, 0.2) is 66.2 Å². The molecule has 0 radical (unpaired) electrons. The van der Waals surface area contributed by atoms with Crippen molar-refractivity contribution in [1.82, 2.24) is 15.2 Å². The van der Waals surface area contributed by atoms with Gasteiger partial charge in [-0.05, 0) is 75.4 Å². The molecule has 1 aliphatic heterocycles. The summed E-state index contributed by atoms with van der Waals surface area (Å²) in [5.74, 6) is 0. The number of hydrogen-bond acceptors (Lipinski definition) is 5. The Hall–Kier alpha value is -3.83. The highest BCUT2D eigenvalue weighted by Crippen LogP contribution is 2.39. The molecule has 0 saturated carbocycles. The number of unbranched alkanes of at least 4 members (excludes halogenated alkanes) is 1. The number of allylic oxidation sites excluding steroid dienone is 2. The van der Waals surface area contributed by atoms with Crippen LogP contribution in [0, 0.1) is 18.3 Å². The first-order valence-corrected chi connectivity index (χ1v) is 14.4. The Kier molecular flexibility index (Phi) is 11.2. The van der Waals surface area contributed by atoms with Crippen LogP contribution in [0.4, 0.5) is 18.9 Å². The fourth-order valence-electron chi connectivity index (χ4n) is 4.92. The van der Waals surface area contributed by atoms with E-state index in [4.69, 9.17) is 0 Å². The number of aryl methyl sites for hydroxylation is 1. The average Bonchev–Trinajstić information content (AvgIpc) is 2.96. The Bertz CT molecular complexity index is 1410. The van der Waals surface area contributed by atoms with Gasteiger partial charge in [0.05, 0.1) is 17.0 Å². The number of pyridine rings is 1. The molecule has 0 atom stereocenters. The molecule has 8 heteroatoms. The molecule has 42 heavy (non-hydrogen) atoms. The fourth-order valence-corrected chi connectivity index (χ4v) is 4.92. The number of anilines is 1. The maximum absolute atomic E-state index is 14.0. The smallest absolute Gasteiger partial charge is 0.388 e. The van der Waals surface area contributed by atoms with E-state index in [0.717, 1.165) is 47.1 Å². The van der Waals surface area contributed by atoms with Crippen molar-refractivity contribution in [1.29, 1.82) is 5.26 Å². The molecule has 1 aromatic heterocycles. The second-order valence-electron chi connectivity index (χ2n) is 11.2. The lowest BCUT2D eigenvalue weighted by Gasteiger charge is -2.28. The summed E-state index contributed by atoms with van der Waals surface area (Å²) >= 11 is 0. The predicted molar refractivity (Wildman–Crippen MR) is 167 cm³/mol. The Morgan fingerprint density at radius 3 is 2.60 bits per heavy atom. The van der Waals surface area contributed by atoms with Gasteiger partial charge in [-0.15, -0.1) is 0 Å². The van der Waals surface area contributed by atoms with E-state index >= 15 is 0 Å². The molecule has 0 amide bonds. The number of rotatable bonds is 11. The van der Waals surface area contributed by atoms with E-state index in [1.54, 1.807) is 26.1 Å². The van der Waals surface area contributed by atoms with Crippen LogP contribution in [0.5, 0.6) is 0 Å². The zero-order chi connectivity index (χ0) is 30.9. The largest absolute Gasteiger partial charge is 0.417 e. The quantitative estimate of drug-likeness (QED) is 0.264. The zero-order valence-electron chi connectivity index (χ0n) is 25.5. The third-order valence-electron chi connectivity index (χ3n) is 7.46. The highest BCUT2D eigenvalue weighted by atomic mass is 19.4. The molecule has 0 unspecified atom stereocenters. The van der Waals surface area contributed by atoms with Crippen molar-refractivity contribution in [3.8, 4) is 6.07 Å². The minimum absolute atomic E-state index is 0.202. The van der Waals surface area contributed by atoms with Gasteiger partial charge in [-0.3, -0.25) is 9.88 Å². The van der Waals surface area contributed by atoms with Gasteiger partial charge in [-0.1, -0.05) is 49.3 Å². The Morgan fingerprint density at radius 2 is 1.98 bits per heavy atom. The number of aromatic nitrogens is 1. The number of halogens is 3. The van der Waals surface area contributed by atoms with Crippen LogP contribution in [-0.2, 0) is 11.6 Å². The van der Waals surface area contributed by atoms with Crippen molar-refractivity contribution < 1.29 is 13.2 Å². The molecule has 224 valence electrons.